The molecule has 14 heteroatoms. The van der Waals surface area contributed by atoms with E-state index in [1.807, 2.05) is 13.8 Å². The van der Waals surface area contributed by atoms with Crippen molar-refractivity contribution < 1.29 is 37.1 Å². The molecular formula is C27H35F3N6O5. The molecule has 0 fully saturated rings. The number of carbonyl (C=O) groups excluding carboxylic acids is 4. The van der Waals surface area contributed by atoms with E-state index in [2.05, 4.69) is 21.0 Å². The molecule has 0 bridgehead atoms. The maximum atomic E-state index is 13.2. The molecule has 1 aliphatic rings. The van der Waals surface area contributed by atoms with E-state index < -0.39 is 48.1 Å². The number of para-hydroxylation sites is 1. The number of nitrogens with one attached hydrogen (secondary N) is 3. The van der Waals surface area contributed by atoms with Crippen molar-refractivity contribution in [2.24, 2.45) is 5.92 Å². The van der Waals surface area contributed by atoms with Crippen molar-refractivity contribution in [3.8, 4) is 5.75 Å². The van der Waals surface area contributed by atoms with Gasteiger partial charge in [0.05, 0.1) is 18.5 Å². The molecule has 2 aromatic rings. The number of benzene rings is 1. The van der Waals surface area contributed by atoms with Gasteiger partial charge in [-0.05, 0) is 37.0 Å². The standard InChI is InChI=1S/C27H35F3N6O5/c1-17(2)15-20-26(40)35(3)13-14-41-21-8-5-4-7-18(21)24(38)33-19(16-23(37)32-20)25(39)31-10-6-11-36-12-9-22(34-36)27(28,29)30/h4-5,7-9,12,17,19-20H,6,10-11,13-16H2,1-3H3,(H,31,39)(H,32,37)(H,33,38)/t19-,20+/m0/s1. The van der Waals surface area contributed by atoms with Crippen molar-refractivity contribution >= 4 is 23.6 Å². The third kappa shape index (κ3) is 9.22. The van der Waals surface area contributed by atoms with Crippen LogP contribution in [-0.4, -0.2) is 77.1 Å². The van der Waals surface area contributed by atoms with Crippen LogP contribution in [0.15, 0.2) is 36.5 Å². The number of ether oxygens (including phenoxy) is 1. The molecule has 1 aromatic carbocycles. The Kier molecular flexibility index (Phi) is 10.7. The fourth-order valence-electron chi connectivity index (χ4n) is 4.24. The average molecular weight is 581 g/mol. The van der Waals surface area contributed by atoms with Crippen molar-refractivity contribution in [3.05, 3.63) is 47.8 Å². The monoisotopic (exact) mass is 580 g/mol. The van der Waals surface area contributed by atoms with E-state index in [-0.39, 0.29) is 55.8 Å². The molecule has 1 aliphatic heterocycles. The molecule has 1 aromatic heterocycles. The zero-order valence-electron chi connectivity index (χ0n) is 23.2. The molecule has 0 saturated carbocycles. The quantitative estimate of drug-likeness (QED) is 0.429. The van der Waals surface area contributed by atoms with Crippen molar-refractivity contribution in [2.45, 2.75) is 57.9 Å². The number of rotatable bonds is 7. The van der Waals surface area contributed by atoms with Gasteiger partial charge in [-0.15, -0.1) is 0 Å². The number of aromatic nitrogens is 2. The van der Waals surface area contributed by atoms with Gasteiger partial charge in [0.15, 0.2) is 5.69 Å². The number of likely N-dealkylation sites (N-methyl/N-ethyl adjacent to an activating group) is 1. The summed E-state index contributed by atoms with van der Waals surface area (Å²) in [6, 6.07) is 5.13. The fraction of sp³-hybridized carbons (Fsp3) is 0.519. The van der Waals surface area contributed by atoms with E-state index >= 15 is 0 Å². The SMILES string of the molecule is CC(C)C[C@H]1NC(=O)C[C@@H](C(=O)NCCCn2ccc(C(F)(F)F)n2)NC(=O)c2ccccc2OCCN(C)C1=O. The molecule has 3 rings (SSSR count). The summed E-state index contributed by atoms with van der Waals surface area (Å²) < 4.78 is 45.2. The van der Waals surface area contributed by atoms with Crippen molar-refractivity contribution in [2.75, 3.05) is 26.7 Å². The van der Waals surface area contributed by atoms with Crippen molar-refractivity contribution in [1.29, 1.82) is 0 Å². The smallest absolute Gasteiger partial charge is 0.435 e. The largest absolute Gasteiger partial charge is 0.491 e. The second-order valence-electron chi connectivity index (χ2n) is 10.2. The summed E-state index contributed by atoms with van der Waals surface area (Å²) in [5.41, 5.74) is -0.867. The Morgan fingerprint density at radius 3 is 2.59 bits per heavy atom. The summed E-state index contributed by atoms with van der Waals surface area (Å²) in [5.74, 6) is -1.87. The van der Waals surface area contributed by atoms with Crippen LogP contribution in [0.4, 0.5) is 13.2 Å². The highest BCUT2D eigenvalue weighted by Crippen LogP contribution is 2.27. The Morgan fingerprint density at radius 2 is 1.90 bits per heavy atom. The van der Waals surface area contributed by atoms with Crippen LogP contribution in [0.5, 0.6) is 5.75 Å². The van der Waals surface area contributed by atoms with Crippen LogP contribution >= 0.6 is 0 Å². The molecule has 0 saturated heterocycles. The lowest BCUT2D eigenvalue weighted by Gasteiger charge is -2.27. The molecule has 41 heavy (non-hydrogen) atoms. The Balaban J connectivity index is 1.74. The van der Waals surface area contributed by atoms with Crippen LogP contribution in [0.1, 0.15) is 49.2 Å². The number of nitrogens with zero attached hydrogens (tertiary/aromatic N) is 3. The van der Waals surface area contributed by atoms with Crippen LogP contribution in [0, 0.1) is 5.92 Å². The van der Waals surface area contributed by atoms with Crippen LogP contribution in [0.25, 0.3) is 0 Å². The number of hydrogen-bond acceptors (Lipinski definition) is 6. The molecule has 3 N–H and O–H groups in total. The Bertz CT molecular complexity index is 1230. The maximum Gasteiger partial charge on any atom is 0.435 e. The number of amides is 4. The van der Waals surface area contributed by atoms with Gasteiger partial charge in [0.25, 0.3) is 5.91 Å². The van der Waals surface area contributed by atoms with E-state index in [4.69, 9.17) is 4.74 Å². The molecule has 2 heterocycles. The Morgan fingerprint density at radius 1 is 1.17 bits per heavy atom. The lowest BCUT2D eigenvalue weighted by Crippen LogP contribution is -2.53. The van der Waals surface area contributed by atoms with E-state index in [1.165, 1.54) is 17.2 Å². The second-order valence-corrected chi connectivity index (χ2v) is 10.2. The van der Waals surface area contributed by atoms with E-state index in [0.29, 0.717) is 6.42 Å². The first kappa shape index (κ1) is 31.4. The molecule has 4 amide bonds. The van der Waals surface area contributed by atoms with Gasteiger partial charge >= 0.3 is 6.18 Å². The summed E-state index contributed by atoms with van der Waals surface area (Å²) in [6.45, 7) is 4.29. The highest BCUT2D eigenvalue weighted by molar-refractivity contribution is 6.01. The lowest BCUT2D eigenvalue weighted by molar-refractivity contribution is -0.141. The first-order chi connectivity index (χ1) is 19.3. The van der Waals surface area contributed by atoms with E-state index in [9.17, 15) is 32.3 Å². The molecule has 2 atom stereocenters. The van der Waals surface area contributed by atoms with Gasteiger partial charge in [-0.1, -0.05) is 26.0 Å². The summed E-state index contributed by atoms with van der Waals surface area (Å²) in [6.07, 6.45) is -3.20. The van der Waals surface area contributed by atoms with Gasteiger partial charge in [-0.25, -0.2) is 0 Å². The molecule has 0 spiro atoms. The number of halogens is 3. The second kappa shape index (κ2) is 14.0. The summed E-state index contributed by atoms with van der Waals surface area (Å²) in [4.78, 5) is 53.8. The third-order valence-electron chi connectivity index (χ3n) is 6.34. The first-order valence-electron chi connectivity index (χ1n) is 13.3. The zero-order valence-corrected chi connectivity index (χ0v) is 23.2. The van der Waals surface area contributed by atoms with Crippen LogP contribution in [-0.2, 0) is 27.1 Å². The highest BCUT2D eigenvalue weighted by atomic mass is 19.4. The highest BCUT2D eigenvalue weighted by Gasteiger charge is 2.33. The lowest BCUT2D eigenvalue weighted by atomic mass is 10.0. The number of fused-ring (bicyclic) bond motifs is 1. The van der Waals surface area contributed by atoms with Gasteiger partial charge < -0.3 is 25.6 Å². The summed E-state index contributed by atoms with van der Waals surface area (Å²) >= 11 is 0. The third-order valence-corrected chi connectivity index (χ3v) is 6.34. The Labute approximate surface area is 235 Å². The maximum absolute atomic E-state index is 13.2. The predicted molar refractivity (Wildman–Crippen MR) is 142 cm³/mol. The molecule has 0 radical (unpaired) electrons. The fourth-order valence-corrected chi connectivity index (χ4v) is 4.24. The number of carbonyl (C=O) groups is 4. The van der Waals surface area contributed by atoms with Crippen LogP contribution in [0.2, 0.25) is 0 Å². The van der Waals surface area contributed by atoms with Crippen LogP contribution < -0.4 is 20.7 Å². The number of alkyl halides is 3. The minimum Gasteiger partial charge on any atom is -0.491 e. The molecule has 0 unspecified atom stereocenters. The minimum atomic E-state index is -4.55. The van der Waals surface area contributed by atoms with Gasteiger partial charge in [0, 0.05) is 26.3 Å². The summed E-state index contributed by atoms with van der Waals surface area (Å²) in [5, 5.41) is 11.4. The van der Waals surface area contributed by atoms with E-state index in [1.54, 1.807) is 25.2 Å². The summed E-state index contributed by atoms with van der Waals surface area (Å²) in [7, 11) is 1.60. The van der Waals surface area contributed by atoms with Gasteiger partial charge in [-0.2, -0.15) is 18.3 Å². The van der Waals surface area contributed by atoms with Crippen molar-refractivity contribution in [3.63, 3.8) is 0 Å². The average Bonchev–Trinajstić information content (AvgIpc) is 3.39. The van der Waals surface area contributed by atoms with Gasteiger partial charge in [-0.3, -0.25) is 23.9 Å². The minimum absolute atomic E-state index is 0.0486. The molecular weight excluding hydrogens is 545 g/mol. The zero-order chi connectivity index (χ0) is 30.2. The van der Waals surface area contributed by atoms with Gasteiger partial charge in [0.1, 0.15) is 24.4 Å². The van der Waals surface area contributed by atoms with Crippen molar-refractivity contribution in [1.82, 2.24) is 30.6 Å². The van der Waals surface area contributed by atoms with Gasteiger partial charge in [0.2, 0.25) is 17.7 Å². The molecule has 11 nitrogen and oxygen atoms in total. The van der Waals surface area contributed by atoms with Crippen LogP contribution in [0.3, 0.4) is 0 Å². The normalized spacial score (nSPS) is 19.1. The predicted octanol–water partition coefficient (Wildman–Crippen LogP) is 1.98. The number of aryl methyl sites for hydroxylation is 1. The molecule has 224 valence electrons. The Hall–Kier alpha value is -4.10. The molecule has 0 aliphatic carbocycles. The van der Waals surface area contributed by atoms with E-state index in [0.717, 1.165) is 10.7 Å². The topological polar surface area (TPSA) is 135 Å². The first-order valence-corrected chi connectivity index (χ1v) is 13.3. The number of hydrogen-bond donors (Lipinski definition) is 3.